The number of likely N-dealkylation sites (N-methyl/N-ethyl adjacent to an activating group) is 1. The minimum Gasteiger partial charge on any atom is -0.344 e. The average molecular weight is 462 g/mol. The van der Waals surface area contributed by atoms with E-state index in [-0.39, 0.29) is 23.8 Å². The molecule has 0 saturated carbocycles. The Labute approximate surface area is 197 Å². The summed E-state index contributed by atoms with van der Waals surface area (Å²) in [5, 5.41) is 7.87. The second-order valence-corrected chi connectivity index (χ2v) is 8.48. The van der Waals surface area contributed by atoms with Crippen LogP contribution in [0.2, 0.25) is 0 Å². The fourth-order valence-corrected chi connectivity index (χ4v) is 3.95. The number of rotatable bonds is 9. The van der Waals surface area contributed by atoms with Gasteiger partial charge in [0.15, 0.2) is 0 Å². The number of halogens is 1. The second kappa shape index (κ2) is 10.4. The van der Waals surface area contributed by atoms with Crippen molar-refractivity contribution in [3.8, 4) is 11.3 Å². The highest BCUT2D eigenvalue weighted by atomic mass is 19.1. The SMILES string of the molecule is Cc1nc2ccccc2c(=O)n1CC(=O)N(C)CCCCCc1cc(-c2ccc(F)cc2)n[nH]1. The van der Waals surface area contributed by atoms with E-state index in [0.717, 1.165) is 42.6 Å². The molecular weight excluding hydrogens is 433 g/mol. The summed E-state index contributed by atoms with van der Waals surface area (Å²) in [6.07, 6.45) is 3.63. The molecule has 1 amide bonds. The lowest BCUT2D eigenvalue weighted by molar-refractivity contribution is -0.130. The van der Waals surface area contributed by atoms with Gasteiger partial charge in [-0.15, -0.1) is 0 Å². The first-order valence-corrected chi connectivity index (χ1v) is 11.4. The number of amides is 1. The largest absolute Gasteiger partial charge is 0.344 e. The number of hydrogen-bond acceptors (Lipinski definition) is 4. The number of benzene rings is 2. The molecule has 0 aliphatic carbocycles. The third kappa shape index (κ3) is 5.39. The quantitative estimate of drug-likeness (QED) is 0.380. The van der Waals surface area contributed by atoms with Crippen molar-refractivity contribution in [1.29, 1.82) is 0 Å². The molecule has 0 spiro atoms. The summed E-state index contributed by atoms with van der Waals surface area (Å²) >= 11 is 0. The van der Waals surface area contributed by atoms with Crippen molar-refractivity contribution < 1.29 is 9.18 Å². The van der Waals surface area contributed by atoms with Crippen LogP contribution in [0.4, 0.5) is 4.39 Å². The van der Waals surface area contributed by atoms with E-state index in [4.69, 9.17) is 0 Å². The van der Waals surface area contributed by atoms with Gasteiger partial charge in [-0.3, -0.25) is 19.3 Å². The minimum absolute atomic E-state index is 0.0146. The predicted molar refractivity (Wildman–Crippen MR) is 130 cm³/mol. The summed E-state index contributed by atoms with van der Waals surface area (Å²) in [6.45, 7) is 2.36. The predicted octanol–water partition coefficient (Wildman–Crippen LogP) is 4.11. The number of fused-ring (bicyclic) bond motifs is 1. The zero-order valence-corrected chi connectivity index (χ0v) is 19.4. The Morgan fingerprint density at radius 3 is 2.65 bits per heavy atom. The number of para-hydroxylation sites is 1. The molecule has 34 heavy (non-hydrogen) atoms. The summed E-state index contributed by atoms with van der Waals surface area (Å²) in [6, 6.07) is 15.4. The third-order valence-electron chi connectivity index (χ3n) is 5.98. The molecule has 2 heterocycles. The summed E-state index contributed by atoms with van der Waals surface area (Å²) in [5.74, 6) is 0.156. The van der Waals surface area contributed by atoms with E-state index in [9.17, 15) is 14.0 Å². The maximum Gasteiger partial charge on any atom is 0.261 e. The zero-order chi connectivity index (χ0) is 24.1. The van der Waals surface area contributed by atoms with E-state index in [1.807, 2.05) is 12.1 Å². The molecule has 0 aliphatic rings. The first-order chi connectivity index (χ1) is 16.4. The van der Waals surface area contributed by atoms with E-state index in [1.54, 1.807) is 49.2 Å². The summed E-state index contributed by atoms with van der Waals surface area (Å²) < 4.78 is 14.5. The average Bonchev–Trinajstić information content (AvgIpc) is 3.30. The van der Waals surface area contributed by atoms with Gasteiger partial charge in [0.05, 0.1) is 16.6 Å². The van der Waals surface area contributed by atoms with Gasteiger partial charge in [0.25, 0.3) is 5.56 Å². The van der Waals surface area contributed by atoms with Gasteiger partial charge in [0.2, 0.25) is 5.91 Å². The molecule has 2 aromatic carbocycles. The molecule has 0 saturated heterocycles. The fraction of sp³-hybridized carbons (Fsp3) is 0.308. The van der Waals surface area contributed by atoms with Gasteiger partial charge in [0, 0.05) is 24.8 Å². The number of unbranched alkanes of at least 4 members (excludes halogenated alkanes) is 2. The van der Waals surface area contributed by atoms with Crippen molar-refractivity contribution in [2.45, 2.75) is 39.2 Å². The number of hydrogen-bond donors (Lipinski definition) is 1. The molecular formula is C26H28FN5O2. The Kier molecular flexibility index (Phi) is 7.15. The van der Waals surface area contributed by atoms with Crippen LogP contribution in [0.5, 0.6) is 0 Å². The van der Waals surface area contributed by atoms with E-state index < -0.39 is 0 Å². The Balaban J connectivity index is 1.24. The molecule has 0 atom stereocenters. The number of H-pyrrole nitrogens is 1. The maximum absolute atomic E-state index is 13.1. The van der Waals surface area contributed by atoms with Gasteiger partial charge in [-0.05, 0) is 68.7 Å². The van der Waals surface area contributed by atoms with Crippen LogP contribution in [-0.4, -0.2) is 44.1 Å². The van der Waals surface area contributed by atoms with Gasteiger partial charge in [-0.1, -0.05) is 18.6 Å². The van der Waals surface area contributed by atoms with Gasteiger partial charge in [-0.25, -0.2) is 9.37 Å². The molecule has 7 nitrogen and oxygen atoms in total. The lowest BCUT2D eigenvalue weighted by Crippen LogP contribution is -2.35. The smallest absolute Gasteiger partial charge is 0.261 e. The van der Waals surface area contributed by atoms with Gasteiger partial charge in [0.1, 0.15) is 18.2 Å². The van der Waals surface area contributed by atoms with Gasteiger partial charge >= 0.3 is 0 Å². The van der Waals surface area contributed by atoms with Crippen LogP contribution in [0.3, 0.4) is 0 Å². The normalized spacial score (nSPS) is 11.1. The molecule has 8 heteroatoms. The molecule has 0 aliphatic heterocycles. The second-order valence-electron chi connectivity index (χ2n) is 8.48. The number of nitrogens with zero attached hydrogens (tertiary/aromatic N) is 4. The molecule has 2 aromatic heterocycles. The van der Waals surface area contributed by atoms with Crippen molar-refractivity contribution in [2.75, 3.05) is 13.6 Å². The highest BCUT2D eigenvalue weighted by molar-refractivity contribution is 5.79. The van der Waals surface area contributed by atoms with Crippen molar-refractivity contribution in [2.24, 2.45) is 0 Å². The number of aromatic nitrogens is 4. The third-order valence-corrected chi connectivity index (χ3v) is 5.98. The first kappa shape index (κ1) is 23.4. The number of carbonyl (C=O) groups excluding carboxylic acids is 1. The Bertz CT molecular complexity index is 1340. The monoisotopic (exact) mass is 461 g/mol. The number of nitrogens with one attached hydrogen (secondary N) is 1. The molecule has 4 aromatic rings. The summed E-state index contributed by atoms with van der Waals surface area (Å²) in [5.41, 5.74) is 3.16. The number of aryl methyl sites for hydroxylation is 2. The van der Waals surface area contributed by atoms with Crippen molar-refractivity contribution in [3.63, 3.8) is 0 Å². The van der Waals surface area contributed by atoms with Crippen molar-refractivity contribution in [3.05, 3.63) is 82.3 Å². The lowest BCUT2D eigenvalue weighted by atomic mass is 10.1. The lowest BCUT2D eigenvalue weighted by Gasteiger charge is -2.18. The summed E-state index contributed by atoms with van der Waals surface area (Å²) in [4.78, 5) is 31.6. The van der Waals surface area contributed by atoms with E-state index in [1.165, 1.54) is 16.7 Å². The van der Waals surface area contributed by atoms with E-state index in [2.05, 4.69) is 15.2 Å². The van der Waals surface area contributed by atoms with Crippen LogP contribution in [0.15, 0.2) is 59.4 Å². The molecule has 0 unspecified atom stereocenters. The van der Waals surface area contributed by atoms with E-state index >= 15 is 0 Å². The fourth-order valence-electron chi connectivity index (χ4n) is 3.95. The standard InChI is InChI=1S/C26H28FN5O2/c1-18-28-23-10-6-5-9-22(23)26(34)32(18)17-25(33)31(2)15-7-3-4-8-21-16-24(30-29-21)19-11-13-20(27)14-12-19/h5-6,9-14,16H,3-4,7-8,15,17H2,1-2H3,(H,29,30). The number of aromatic amines is 1. The highest BCUT2D eigenvalue weighted by Crippen LogP contribution is 2.19. The van der Waals surface area contributed by atoms with Crippen LogP contribution < -0.4 is 5.56 Å². The zero-order valence-electron chi connectivity index (χ0n) is 19.4. The van der Waals surface area contributed by atoms with Crippen LogP contribution in [0.25, 0.3) is 22.2 Å². The molecule has 0 fully saturated rings. The Morgan fingerprint density at radius 2 is 1.85 bits per heavy atom. The number of carbonyl (C=O) groups is 1. The molecule has 1 N–H and O–H groups in total. The van der Waals surface area contributed by atoms with Gasteiger partial charge in [-0.2, -0.15) is 5.10 Å². The minimum atomic E-state index is -0.265. The van der Waals surface area contributed by atoms with Crippen LogP contribution >= 0.6 is 0 Å². The van der Waals surface area contributed by atoms with Crippen molar-refractivity contribution in [1.82, 2.24) is 24.6 Å². The highest BCUT2D eigenvalue weighted by Gasteiger charge is 2.14. The van der Waals surface area contributed by atoms with Crippen LogP contribution in [-0.2, 0) is 17.8 Å². The Morgan fingerprint density at radius 1 is 1.09 bits per heavy atom. The van der Waals surface area contributed by atoms with Gasteiger partial charge < -0.3 is 4.90 Å². The maximum atomic E-state index is 13.1. The van der Waals surface area contributed by atoms with Crippen LogP contribution in [0, 0.1) is 12.7 Å². The summed E-state index contributed by atoms with van der Waals surface area (Å²) in [7, 11) is 1.76. The first-order valence-electron chi connectivity index (χ1n) is 11.4. The van der Waals surface area contributed by atoms with Crippen LogP contribution in [0.1, 0.15) is 30.8 Å². The topological polar surface area (TPSA) is 83.9 Å². The molecule has 0 radical (unpaired) electrons. The molecule has 176 valence electrons. The molecule has 4 rings (SSSR count). The Hall–Kier alpha value is -3.81. The van der Waals surface area contributed by atoms with Crippen molar-refractivity contribution >= 4 is 16.8 Å². The van der Waals surface area contributed by atoms with E-state index in [0.29, 0.717) is 23.3 Å². The molecule has 0 bridgehead atoms.